The molecule has 0 aliphatic heterocycles. The molecule has 0 spiro atoms. The molecule has 6 heteroatoms. The van der Waals surface area contributed by atoms with Gasteiger partial charge >= 0.3 is 0 Å². The van der Waals surface area contributed by atoms with Gasteiger partial charge in [-0.05, 0) is 63.6 Å². The van der Waals surface area contributed by atoms with Gasteiger partial charge in [0.15, 0.2) is 0 Å². The van der Waals surface area contributed by atoms with E-state index in [9.17, 15) is 4.79 Å². The summed E-state index contributed by atoms with van der Waals surface area (Å²) in [6.07, 6.45) is 5.07. The summed E-state index contributed by atoms with van der Waals surface area (Å²) in [7, 11) is 0. The average molecular weight is 367 g/mol. The molecule has 0 aromatic carbocycles. The molecular weight excluding hydrogens is 346 g/mol. The van der Waals surface area contributed by atoms with Crippen LogP contribution in [0, 0.1) is 13.8 Å². The van der Waals surface area contributed by atoms with Crippen molar-refractivity contribution in [2.45, 2.75) is 58.5 Å². The molecule has 0 saturated heterocycles. The van der Waals surface area contributed by atoms with Crippen LogP contribution in [0.4, 0.5) is 0 Å². The molecule has 0 radical (unpaired) electrons. The van der Waals surface area contributed by atoms with Crippen molar-refractivity contribution in [3.8, 4) is 0 Å². The topological polar surface area (TPSA) is 59.2 Å². The summed E-state index contributed by atoms with van der Waals surface area (Å²) in [5, 5.41) is 4.89. The predicted molar refractivity (Wildman–Crippen MR) is 101 cm³/mol. The van der Waals surface area contributed by atoms with Gasteiger partial charge in [0.05, 0.1) is 23.2 Å². The first-order valence-electron chi connectivity index (χ1n) is 9.26. The van der Waals surface area contributed by atoms with Crippen molar-refractivity contribution >= 4 is 28.3 Å². The highest BCUT2D eigenvalue weighted by Gasteiger charge is 2.37. The molecule has 1 amide bonds. The lowest BCUT2D eigenvalue weighted by Crippen LogP contribution is -2.33. The Bertz CT molecular complexity index is 1020. The van der Waals surface area contributed by atoms with Gasteiger partial charge in [-0.15, -0.1) is 11.3 Å². The highest BCUT2D eigenvalue weighted by Crippen LogP contribution is 2.36. The number of aryl methyl sites for hydroxylation is 3. The molecule has 1 fully saturated rings. The first kappa shape index (κ1) is 16.0. The van der Waals surface area contributed by atoms with Gasteiger partial charge < -0.3 is 9.42 Å². The molecule has 3 aromatic heterocycles. The SMILES string of the molecule is Cc1ccc(CN(C(=O)c2c3c(nc4onc(C)c24)CCC3)C2CC2)s1. The van der Waals surface area contributed by atoms with E-state index >= 15 is 0 Å². The summed E-state index contributed by atoms with van der Waals surface area (Å²) in [6, 6.07) is 4.62. The second kappa shape index (κ2) is 5.91. The van der Waals surface area contributed by atoms with Gasteiger partial charge in [0.1, 0.15) is 0 Å². The van der Waals surface area contributed by atoms with E-state index < -0.39 is 0 Å². The van der Waals surface area contributed by atoms with Gasteiger partial charge in [-0.2, -0.15) is 0 Å². The van der Waals surface area contributed by atoms with E-state index in [1.165, 1.54) is 9.75 Å². The molecule has 1 saturated carbocycles. The van der Waals surface area contributed by atoms with Crippen molar-refractivity contribution in [1.29, 1.82) is 0 Å². The zero-order chi connectivity index (χ0) is 17.8. The average Bonchev–Trinajstić information content (AvgIpc) is 3.03. The third-order valence-corrected chi connectivity index (χ3v) is 6.39. The van der Waals surface area contributed by atoms with Crippen LogP contribution in [0.25, 0.3) is 11.1 Å². The number of amides is 1. The standard InChI is InChI=1S/C20H21N3O2S/c1-11-6-9-14(26-11)10-23(13-7-8-13)20(24)18-15-4-3-5-16(15)21-19-17(18)12(2)22-25-19/h6,9,13H,3-5,7-8,10H2,1-2H3. The Labute approximate surface area is 156 Å². The molecular formula is C20H21N3O2S. The summed E-state index contributed by atoms with van der Waals surface area (Å²) in [5.74, 6) is 0.121. The molecule has 26 heavy (non-hydrogen) atoms. The van der Waals surface area contributed by atoms with Gasteiger partial charge in [0, 0.05) is 21.5 Å². The molecule has 3 aromatic rings. The van der Waals surface area contributed by atoms with E-state index in [1.807, 2.05) is 6.92 Å². The van der Waals surface area contributed by atoms with Gasteiger partial charge in [-0.3, -0.25) is 4.79 Å². The Balaban J connectivity index is 1.61. The van der Waals surface area contributed by atoms with Crippen LogP contribution in [-0.2, 0) is 19.4 Å². The zero-order valence-electron chi connectivity index (χ0n) is 15.0. The maximum absolute atomic E-state index is 13.7. The second-order valence-electron chi connectivity index (χ2n) is 7.39. The summed E-state index contributed by atoms with van der Waals surface area (Å²) < 4.78 is 5.41. The predicted octanol–water partition coefficient (Wildman–Crippen LogP) is 4.19. The highest BCUT2D eigenvalue weighted by atomic mass is 32.1. The van der Waals surface area contributed by atoms with Crippen molar-refractivity contribution < 1.29 is 9.32 Å². The molecule has 0 bridgehead atoms. The third-order valence-electron chi connectivity index (χ3n) is 5.41. The Morgan fingerprint density at radius 3 is 2.88 bits per heavy atom. The largest absolute Gasteiger partial charge is 0.336 e. The minimum Gasteiger partial charge on any atom is -0.336 e. The molecule has 0 N–H and O–H groups in total. The number of carbonyl (C=O) groups excluding carboxylic acids is 1. The fourth-order valence-corrected chi connectivity index (χ4v) is 4.88. The second-order valence-corrected chi connectivity index (χ2v) is 8.76. The first-order chi connectivity index (χ1) is 12.6. The number of thiophene rings is 1. The molecule has 3 heterocycles. The smallest absolute Gasteiger partial charge is 0.259 e. The molecule has 5 rings (SSSR count). The minimum absolute atomic E-state index is 0.121. The Hall–Kier alpha value is -2.21. The van der Waals surface area contributed by atoms with Crippen LogP contribution in [0.15, 0.2) is 16.7 Å². The lowest BCUT2D eigenvalue weighted by atomic mass is 10.0. The van der Waals surface area contributed by atoms with Crippen molar-refractivity contribution in [3.05, 3.63) is 44.4 Å². The number of fused-ring (bicyclic) bond motifs is 2. The van der Waals surface area contributed by atoms with Crippen LogP contribution in [0.3, 0.4) is 0 Å². The van der Waals surface area contributed by atoms with Crippen LogP contribution in [-0.4, -0.2) is 27.0 Å². The van der Waals surface area contributed by atoms with E-state index in [1.54, 1.807) is 11.3 Å². The Morgan fingerprint density at radius 1 is 1.31 bits per heavy atom. The fraction of sp³-hybridized carbons (Fsp3) is 0.450. The third kappa shape index (κ3) is 2.55. The van der Waals surface area contributed by atoms with Crippen molar-refractivity contribution in [3.63, 3.8) is 0 Å². The number of carbonyl (C=O) groups is 1. The number of pyridine rings is 1. The Kier molecular flexibility index (Phi) is 3.64. The number of hydrogen-bond donors (Lipinski definition) is 0. The molecule has 2 aliphatic carbocycles. The van der Waals surface area contributed by atoms with Crippen molar-refractivity contribution in [2.24, 2.45) is 0 Å². The Morgan fingerprint density at radius 2 is 2.15 bits per heavy atom. The molecule has 2 aliphatic rings. The summed E-state index contributed by atoms with van der Waals surface area (Å²) in [4.78, 5) is 22.9. The van der Waals surface area contributed by atoms with Crippen LogP contribution < -0.4 is 0 Å². The lowest BCUT2D eigenvalue weighted by Gasteiger charge is -2.23. The zero-order valence-corrected chi connectivity index (χ0v) is 15.9. The summed E-state index contributed by atoms with van der Waals surface area (Å²) in [6.45, 7) is 4.69. The van der Waals surface area contributed by atoms with Gasteiger partial charge in [0.25, 0.3) is 11.6 Å². The maximum Gasteiger partial charge on any atom is 0.259 e. The van der Waals surface area contributed by atoms with Gasteiger partial charge in [0.2, 0.25) is 0 Å². The van der Waals surface area contributed by atoms with Gasteiger partial charge in [-0.1, -0.05) is 5.16 Å². The quantitative estimate of drug-likeness (QED) is 0.694. The van der Waals surface area contributed by atoms with E-state index in [-0.39, 0.29) is 5.91 Å². The molecule has 0 unspecified atom stereocenters. The van der Waals surface area contributed by atoms with Crippen LogP contribution in [0.1, 0.15) is 56.3 Å². The highest BCUT2D eigenvalue weighted by molar-refractivity contribution is 7.11. The van der Waals surface area contributed by atoms with Crippen LogP contribution in [0.2, 0.25) is 0 Å². The summed E-state index contributed by atoms with van der Waals surface area (Å²) >= 11 is 1.77. The van der Waals surface area contributed by atoms with Crippen LogP contribution >= 0.6 is 11.3 Å². The number of nitrogens with zero attached hydrogens (tertiary/aromatic N) is 3. The van der Waals surface area contributed by atoms with E-state index in [0.29, 0.717) is 18.3 Å². The number of hydrogen-bond acceptors (Lipinski definition) is 5. The van der Waals surface area contributed by atoms with Gasteiger partial charge in [-0.25, -0.2) is 4.98 Å². The van der Waals surface area contributed by atoms with Crippen molar-refractivity contribution in [1.82, 2.24) is 15.0 Å². The number of aromatic nitrogens is 2. The molecule has 5 nitrogen and oxygen atoms in total. The normalized spacial score (nSPS) is 16.2. The van der Waals surface area contributed by atoms with Crippen LogP contribution in [0.5, 0.6) is 0 Å². The monoisotopic (exact) mass is 367 g/mol. The fourth-order valence-electron chi connectivity index (χ4n) is 3.99. The first-order valence-corrected chi connectivity index (χ1v) is 10.1. The maximum atomic E-state index is 13.7. The lowest BCUT2D eigenvalue weighted by molar-refractivity contribution is 0.0732. The molecule has 0 atom stereocenters. The van der Waals surface area contributed by atoms with Crippen molar-refractivity contribution in [2.75, 3.05) is 0 Å². The number of rotatable bonds is 4. The van der Waals surface area contributed by atoms with E-state index in [0.717, 1.165) is 60.0 Å². The minimum atomic E-state index is 0.121. The molecule has 134 valence electrons. The van der Waals surface area contributed by atoms with E-state index in [4.69, 9.17) is 4.52 Å². The summed E-state index contributed by atoms with van der Waals surface area (Å²) in [5.41, 5.74) is 4.19. The van der Waals surface area contributed by atoms with E-state index in [2.05, 4.69) is 34.1 Å².